The first-order valence-corrected chi connectivity index (χ1v) is 10.5. The van der Waals surface area contributed by atoms with Crippen LogP contribution in [0.4, 0.5) is 9.52 Å². The number of anilines is 1. The summed E-state index contributed by atoms with van der Waals surface area (Å²) in [6.45, 7) is 8.51. The predicted octanol–water partition coefficient (Wildman–Crippen LogP) is 5.05. The molecule has 0 aliphatic rings. The van der Waals surface area contributed by atoms with Crippen LogP contribution in [0.5, 0.6) is 0 Å². The van der Waals surface area contributed by atoms with Gasteiger partial charge in [0.15, 0.2) is 10.9 Å². The molecule has 30 heavy (non-hydrogen) atoms. The fourth-order valence-corrected chi connectivity index (χ4v) is 4.09. The first-order valence-electron chi connectivity index (χ1n) is 9.64. The van der Waals surface area contributed by atoms with E-state index in [2.05, 4.69) is 23.7 Å². The minimum atomic E-state index is -0.396. The Kier molecular flexibility index (Phi) is 8.46. The number of carbonyl (C=O) groups is 2. The number of rotatable bonds is 8. The number of para-hydroxylation sites is 1. The summed E-state index contributed by atoms with van der Waals surface area (Å²) >= 11 is 1.30. The third-order valence-corrected chi connectivity index (χ3v) is 5.95. The molecule has 0 bridgehead atoms. The van der Waals surface area contributed by atoms with E-state index in [1.165, 1.54) is 24.3 Å². The topological polar surface area (TPSA) is 53.5 Å². The van der Waals surface area contributed by atoms with E-state index in [4.69, 9.17) is 0 Å². The summed E-state index contributed by atoms with van der Waals surface area (Å²) in [7, 11) is 0. The number of thiazole rings is 1. The van der Waals surface area contributed by atoms with E-state index in [-0.39, 0.29) is 29.6 Å². The van der Waals surface area contributed by atoms with Crippen molar-refractivity contribution < 1.29 is 14.0 Å². The molecule has 8 heteroatoms. The molecule has 5 nitrogen and oxygen atoms in total. The second-order valence-corrected chi connectivity index (χ2v) is 7.71. The van der Waals surface area contributed by atoms with Crippen LogP contribution in [0.2, 0.25) is 0 Å². The van der Waals surface area contributed by atoms with Crippen molar-refractivity contribution in [1.29, 1.82) is 0 Å². The van der Waals surface area contributed by atoms with Crippen molar-refractivity contribution in [3.8, 4) is 0 Å². The lowest BCUT2D eigenvalue weighted by molar-refractivity contribution is 0.0980. The number of hydrogen-bond acceptors (Lipinski definition) is 5. The number of ketones is 1. The molecule has 0 saturated carbocycles. The Balaban J connectivity index is 0.00000320. The highest BCUT2D eigenvalue weighted by molar-refractivity contribution is 7.22. The van der Waals surface area contributed by atoms with Crippen molar-refractivity contribution in [3.63, 3.8) is 0 Å². The smallest absolute Gasteiger partial charge is 0.260 e. The van der Waals surface area contributed by atoms with Crippen molar-refractivity contribution in [1.82, 2.24) is 9.88 Å². The van der Waals surface area contributed by atoms with Crippen LogP contribution in [-0.4, -0.2) is 47.8 Å². The van der Waals surface area contributed by atoms with Gasteiger partial charge in [-0.05, 0) is 44.3 Å². The monoisotopic (exact) mass is 449 g/mol. The minimum Gasteiger partial charge on any atom is -0.302 e. The Labute approximate surface area is 185 Å². The first kappa shape index (κ1) is 23.9. The molecule has 1 heterocycles. The molecule has 0 aliphatic heterocycles. The molecular weight excluding hydrogens is 425 g/mol. The van der Waals surface area contributed by atoms with E-state index in [9.17, 15) is 14.0 Å². The first-order chi connectivity index (χ1) is 13.9. The van der Waals surface area contributed by atoms with Crippen molar-refractivity contribution >= 4 is 50.8 Å². The van der Waals surface area contributed by atoms with E-state index < -0.39 is 5.82 Å². The third-order valence-electron chi connectivity index (χ3n) is 4.91. The maximum atomic E-state index is 14.1. The van der Waals surface area contributed by atoms with Crippen LogP contribution in [0.1, 0.15) is 41.5 Å². The fourth-order valence-electron chi connectivity index (χ4n) is 3.09. The van der Waals surface area contributed by atoms with Gasteiger partial charge in [0.05, 0.1) is 4.70 Å². The van der Waals surface area contributed by atoms with Crippen molar-refractivity contribution in [3.05, 3.63) is 59.4 Å². The lowest BCUT2D eigenvalue weighted by atomic mass is 10.1. The van der Waals surface area contributed by atoms with Crippen LogP contribution in [0.15, 0.2) is 42.5 Å². The van der Waals surface area contributed by atoms with Crippen molar-refractivity contribution in [2.75, 3.05) is 31.1 Å². The van der Waals surface area contributed by atoms with Gasteiger partial charge < -0.3 is 4.90 Å². The van der Waals surface area contributed by atoms with Gasteiger partial charge in [0.2, 0.25) is 0 Å². The summed E-state index contributed by atoms with van der Waals surface area (Å²) in [5.41, 5.74) is 1.30. The average molecular weight is 450 g/mol. The number of fused-ring (bicyclic) bond motifs is 1. The molecule has 0 atom stereocenters. The zero-order valence-corrected chi connectivity index (χ0v) is 18.9. The second-order valence-electron chi connectivity index (χ2n) is 6.70. The molecule has 160 valence electrons. The summed E-state index contributed by atoms with van der Waals surface area (Å²) in [4.78, 5) is 33.0. The van der Waals surface area contributed by atoms with Crippen molar-refractivity contribution in [2.45, 2.75) is 20.8 Å². The number of hydrogen-bond donors (Lipinski definition) is 0. The molecule has 3 aromatic rings. The molecule has 1 aromatic heterocycles. The number of amides is 1. The zero-order chi connectivity index (χ0) is 21.0. The molecule has 2 aromatic carbocycles. The fraction of sp³-hybridized carbons (Fsp3) is 0.318. The maximum absolute atomic E-state index is 14.1. The molecule has 0 aliphatic carbocycles. The second kappa shape index (κ2) is 10.6. The summed E-state index contributed by atoms with van der Waals surface area (Å²) in [5.74, 6) is -0.664. The lowest BCUT2D eigenvalue weighted by Gasteiger charge is -2.24. The standard InChI is InChI=1S/C22H24FN3O2S.ClH/c1-4-25(5-2)13-14-26(21(28)17-11-9-16(10-12-17)15(3)27)22-24-20-18(23)7-6-8-19(20)29-22;/h6-12H,4-5,13-14H2,1-3H3;1H. The highest BCUT2D eigenvalue weighted by atomic mass is 35.5. The van der Waals surface area contributed by atoms with Crippen LogP contribution in [0.25, 0.3) is 10.2 Å². The third kappa shape index (κ3) is 5.22. The number of aromatic nitrogens is 1. The maximum Gasteiger partial charge on any atom is 0.260 e. The molecule has 1 amide bonds. The molecule has 0 fully saturated rings. The zero-order valence-electron chi connectivity index (χ0n) is 17.2. The number of nitrogens with zero attached hydrogens (tertiary/aromatic N) is 3. The predicted molar refractivity (Wildman–Crippen MR) is 123 cm³/mol. The average Bonchev–Trinajstić information content (AvgIpc) is 3.16. The molecule has 0 saturated heterocycles. The number of halogens is 2. The van der Waals surface area contributed by atoms with Crippen molar-refractivity contribution in [2.24, 2.45) is 0 Å². The lowest BCUT2D eigenvalue weighted by Crippen LogP contribution is -2.38. The normalized spacial score (nSPS) is 10.8. The van der Waals surface area contributed by atoms with E-state index in [0.717, 1.165) is 13.1 Å². The highest BCUT2D eigenvalue weighted by Gasteiger charge is 2.22. The van der Waals surface area contributed by atoms with Gasteiger partial charge in [-0.3, -0.25) is 14.5 Å². The summed E-state index contributed by atoms with van der Waals surface area (Å²) in [6, 6.07) is 11.4. The van der Waals surface area contributed by atoms with Gasteiger partial charge >= 0.3 is 0 Å². The Bertz CT molecular complexity index is 1020. The summed E-state index contributed by atoms with van der Waals surface area (Å²) in [5, 5.41) is 0.470. The van der Waals surface area contributed by atoms with Crippen LogP contribution in [-0.2, 0) is 0 Å². The van der Waals surface area contributed by atoms with E-state index in [0.29, 0.717) is 34.0 Å². The van der Waals surface area contributed by atoms with Gasteiger partial charge in [0, 0.05) is 24.2 Å². The number of carbonyl (C=O) groups excluding carboxylic acids is 2. The Morgan fingerprint density at radius 2 is 1.63 bits per heavy atom. The van der Waals surface area contributed by atoms with Crippen LogP contribution in [0, 0.1) is 5.82 Å². The van der Waals surface area contributed by atoms with Gasteiger partial charge in [0.25, 0.3) is 5.91 Å². The SMILES string of the molecule is CCN(CC)CCN(C(=O)c1ccc(C(C)=O)cc1)c1nc2c(F)cccc2s1.Cl. The number of Topliss-reactive ketones (excluding diaryl/α,β-unsaturated/α-hetero) is 1. The van der Waals surface area contributed by atoms with Crippen LogP contribution < -0.4 is 4.90 Å². The van der Waals surface area contributed by atoms with E-state index in [1.54, 1.807) is 41.3 Å². The summed E-state index contributed by atoms with van der Waals surface area (Å²) in [6.07, 6.45) is 0. The largest absolute Gasteiger partial charge is 0.302 e. The number of benzene rings is 2. The summed E-state index contributed by atoms with van der Waals surface area (Å²) < 4.78 is 14.8. The van der Waals surface area contributed by atoms with Gasteiger partial charge in [-0.2, -0.15) is 0 Å². The Morgan fingerprint density at radius 1 is 1.00 bits per heavy atom. The highest BCUT2D eigenvalue weighted by Crippen LogP contribution is 2.31. The molecule has 0 spiro atoms. The van der Waals surface area contributed by atoms with Crippen LogP contribution in [0.3, 0.4) is 0 Å². The Hall–Kier alpha value is -2.35. The number of likely N-dealkylation sites (N-methyl/N-ethyl adjacent to an activating group) is 1. The molecule has 0 radical (unpaired) electrons. The molecule has 3 rings (SSSR count). The van der Waals surface area contributed by atoms with E-state index >= 15 is 0 Å². The quantitative estimate of drug-likeness (QED) is 0.451. The minimum absolute atomic E-state index is 0. The van der Waals surface area contributed by atoms with Gasteiger partial charge in [0.1, 0.15) is 11.3 Å². The van der Waals surface area contributed by atoms with Crippen LogP contribution >= 0.6 is 23.7 Å². The van der Waals surface area contributed by atoms with Gasteiger partial charge in [-0.15, -0.1) is 12.4 Å². The van der Waals surface area contributed by atoms with Gasteiger partial charge in [-0.25, -0.2) is 9.37 Å². The van der Waals surface area contributed by atoms with E-state index in [1.807, 2.05) is 0 Å². The molecule has 0 unspecified atom stereocenters. The van der Waals surface area contributed by atoms with Gasteiger partial charge in [-0.1, -0.05) is 43.4 Å². The molecular formula is C22H25ClFN3O2S. The molecule has 0 N–H and O–H groups in total. The Morgan fingerprint density at radius 3 is 2.20 bits per heavy atom.